The normalized spacial score (nSPS) is 20.8. The van der Waals surface area contributed by atoms with Gasteiger partial charge in [-0.1, -0.05) is 12.8 Å². The summed E-state index contributed by atoms with van der Waals surface area (Å²) in [7, 11) is 0. The van der Waals surface area contributed by atoms with E-state index < -0.39 is 11.5 Å². The molecule has 5 heteroatoms. The smallest absolute Gasteiger partial charge is 0.329 e. The van der Waals surface area contributed by atoms with Gasteiger partial charge in [-0.3, -0.25) is 0 Å². The fourth-order valence-corrected chi connectivity index (χ4v) is 2.60. The Balaban J connectivity index is 2.91. The van der Waals surface area contributed by atoms with Crippen LogP contribution < -0.4 is 0 Å². The minimum absolute atomic E-state index is 0.149. The fourth-order valence-electron chi connectivity index (χ4n) is 2.60. The van der Waals surface area contributed by atoms with Crippen LogP contribution in [0.15, 0.2) is 0 Å². The van der Waals surface area contributed by atoms with Crippen molar-refractivity contribution in [3.8, 4) is 0 Å². The van der Waals surface area contributed by atoms with Gasteiger partial charge in [0.25, 0.3) is 0 Å². The predicted molar refractivity (Wildman–Crippen MR) is 74.1 cm³/mol. The zero-order valence-corrected chi connectivity index (χ0v) is 12.5. The molecule has 1 heterocycles. The van der Waals surface area contributed by atoms with Crippen LogP contribution in [-0.2, 0) is 4.79 Å². The minimum Gasteiger partial charge on any atom is -0.480 e. The predicted octanol–water partition coefficient (Wildman–Crippen LogP) is 2.56. The molecule has 0 bridgehead atoms. The van der Waals surface area contributed by atoms with E-state index >= 15 is 0 Å². The SMILES string of the molecule is CCN(C(=O)N1CCCCCC1C)C(C)(C)C(=O)O. The van der Waals surface area contributed by atoms with Crippen molar-refractivity contribution in [2.24, 2.45) is 0 Å². The molecule has 0 aromatic heterocycles. The second-order valence-corrected chi connectivity index (χ2v) is 5.78. The van der Waals surface area contributed by atoms with Gasteiger partial charge in [0.2, 0.25) is 0 Å². The van der Waals surface area contributed by atoms with Gasteiger partial charge in [0.05, 0.1) is 0 Å². The average Bonchev–Trinajstić information content (AvgIpc) is 2.54. The zero-order valence-electron chi connectivity index (χ0n) is 12.5. The Hall–Kier alpha value is -1.26. The second-order valence-electron chi connectivity index (χ2n) is 5.78. The molecule has 0 spiro atoms. The van der Waals surface area contributed by atoms with E-state index in [2.05, 4.69) is 0 Å². The van der Waals surface area contributed by atoms with Gasteiger partial charge >= 0.3 is 12.0 Å². The van der Waals surface area contributed by atoms with E-state index in [1.165, 1.54) is 4.90 Å². The molecule has 1 rings (SSSR count). The fraction of sp³-hybridized carbons (Fsp3) is 0.857. The van der Waals surface area contributed by atoms with Crippen molar-refractivity contribution in [2.75, 3.05) is 13.1 Å². The van der Waals surface area contributed by atoms with E-state index in [1.807, 2.05) is 18.7 Å². The van der Waals surface area contributed by atoms with Gasteiger partial charge in [-0.05, 0) is 40.5 Å². The number of carboxylic acids is 1. The summed E-state index contributed by atoms with van der Waals surface area (Å²) in [5, 5.41) is 9.30. The number of likely N-dealkylation sites (N-methyl/N-ethyl adjacent to an activating group) is 1. The van der Waals surface area contributed by atoms with E-state index in [1.54, 1.807) is 13.8 Å². The lowest BCUT2D eigenvalue weighted by Gasteiger charge is -2.39. The second kappa shape index (κ2) is 6.26. The number of hydrogen-bond donors (Lipinski definition) is 1. The number of aliphatic carboxylic acids is 1. The molecule has 1 aliphatic rings. The molecule has 0 aromatic rings. The highest BCUT2D eigenvalue weighted by Gasteiger charge is 2.39. The molecule has 0 radical (unpaired) electrons. The van der Waals surface area contributed by atoms with Gasteiger partial charge in [0.1, 0.15) is 5.54 Å². The molecule has 19 heavy (non-hydrogen) atoms. The number of amides is 2. The van der Waals surface area contributed by atoms with E-state index in [9.17, 15) is 14.7 Å². The molecule has 1 N–H and O–H groups in total. The van der Waals surface area contributed by atoms with Crippen LogP contribution in [0.4, 0.5) is 4.79 Å². The summed E-state index contributed by atoms with van der Waals surface area (Å²) in [6.45, 7) is 8.17. The molecule has 1 saturated heterocycles. The van der Waals surface area contributed by atoms with Crippen LogP contribution in [0.2, 0.25) is 0 Å². The van der Waals surface area contributed by atoms with Crippen LogP contribution in [0.5, 0.6) is 0 Å². The van der Waals surface area contributed by atoms with Crippen molar-refractivity contribution < 1.29 is 14.7 Å². The van der Waals surface area contributed by atoms with Gasteiger partial charge in [0.15, 0.2) is 0 Å². The molecule has 5 nitrogen and oxygen atoms in total. The van der Waals surface area contributed by atoms with Gasteiger partial charge in [-0.2, -0.15) is 0 Å². The topological polar surface area (TPSA) is 60.9 Å². The quantitative estimate of drug-likeness (QED) is 0.857. The van der Waals surface area contributed by atoms with Crippen molar-refractivity contribution in [1.29, 1.82) is 0 Å². The lowest BCUT2D eigenvalue weighted by molar-refractivity contribution is -0.147. The van der Waals surface area contributed by atoms with Crippen molar-refractivity contribution in [3.63, 3.8) is 0 Å². The molecule has 110 valence electrons. The maximum Gasteiger partial charge on any atom is 0.329 e. The van der Waals surface area contributed by atoms with E-state index in [0.717, 1.165) is 32.2 Å². The van der Waals surface area contributed by atoms with E-state index in [4.69, 9.17) is 0 Å². The highest BCUT2D eigenvalue weighted by atomic mass is 16.4. The highest BCUT2D eigenvalue weighted by molar-refractivity contribution is 5.85. The number of carboxylic acid groups (broad SMARTS) is 1. The molecule has 2 amide bonds. The number of carbonyl (C=O) groups is 2. The molecule has 0 aliphatic carbocycles. The Morgan fingerprint density at radius 1 is 1.32 bits per heavy atom. The Kier molecular flexibility index (Phi) is 5.20. The summed E-state index contributed by atoms with van der Waals surface area (Å²) in [4.78, 5) is 27.3. The lowest BCUT2D eigenvalue weighted by Crippen LogP contribution is -2.58. The largest absolute Gasteiger partial charge is 0.480 e. The summed E-state index contributed by atoms with van der Waals surface area (Å²) >= 11 is 0. The molecular weight excluding hydrogens is 244 g/mol. The lowest BCUT2D eigenvalue weighted by atomic mass is 10.0. The van der Waals surface area contributed by atoms with Crippen LogP contribution in [0.3, 0.4) is 0 Å². The van der Waals surface area contributed by atoms with E-state index in [-0.39, 0.29) is 12.1 Å². The summed E-state index contributed by atoms with van der Waals surface area (Å²) in [5.74, 6) is -0.967. The maximum atomic E-state index is 12.6. The van der Waals surface area contributed by atoms with Crippen LogP contribution >= 0.6 is 0 Å². The molecule has 1 unspecified atom stereocenters. The standard InChI is InChI=1S/C14H26N2O3/c1-5-16(14(3,4)12(17)18)13(19)15-10-8-6-7-9-11(15)2/h11H,5-10H2,1-4H3,(H,17,18). The molecule has 0 aromatic carbocycles. The average molecular weight is 270 g/mol. The summed E-state index contributed by atoms with van der Waals surface area (Å²) in [5.41, 5.74) is -1.17. The number of likely N-dealkylation sites (tertiary alicyclic amines) is 1. The Bertz CT molecular complexity index is 342. The Morgan fingerprint density at radius 2 is 1.95 bits per heavy atom. The van der Waals surface area contributed by atoms with Crippen molar-refractivity contribution in [1.82, 2.24) is 9.80 Å². The monoisotopic (exact) mass is 270 g/mol. The van der Waals surface area contributed by atoms with Gasteiger partial charge in [-0.15, -0.1) is 0 Å². The van der Waals surface area contributed by atoms with Crippen molar-refractivity contribution in [3.05, 3.63) is 0 Å². The number of nitrogens with zero attached hydrogens (tertiary/aromatic N) is 2. The molecule has 0 saturated carbocycles. The van der Waals surface area contributed by atoms with Gasteiger partial charge in [0, 0.05) is 19.1 Å². The molecular formula is C14H26N2O3. The molecule has 1 atom stereocenters. The molecule has 1 aliphatic heterocycles. The number of carbonyl (C=O) groups excluding carboxylic acids is 1. The van der Waals surface area contributed by atoms with Crippen LogP contribution in [0, 0.1) is 0 Å². The van der Waals surface area contributed by atoms with Gasteiger partial charge in [-0.25, -0.2) is 9.59 Å². The van der Waals surface area contributed by atoms with Crippen molar-refractivity contribution >= 4 is 12.0 Å². The first-order chi connectivity index (χ1) is 8.82. The third-order valence-electron chi connectivity index (χ3n) is 4.04. The zero-order chi connectivity index (χ0) is 14.6. The maximum absolute atomic E-state index is 12.6. The first-order valence-electron chi connectivity index (χ1n) is 7.14. The van der Waals surface area contributed by atoms with Crippen LogP contribution in [0.1, 0.15) is 53.4 Å². The minimum atomic E-state index is -1.17. The summed E-state index contributed by atoms with van der Waals surface area (Å²) < 4.78 is 0. The van der Waals surface area contributed by atoms with E-state index in [0.29, 0.717) is 6.54 Å². The first-order valence-corrected chi connectivity index (χ1v) is 7.14. The summed E-state index contributed by atoms with van der Waals surface area (Å²) in [6.07, 6.45) is 4.28. The number of hydrogen-bond acceptors (Lipinski definition) is 2. The van der Waals surface area contributed by atoms with Gasteiger partial charge < -0.3 is 14.9 Å². The third kappa shape index (κ3) is 3.39. The number of rotatable bonds is 3. The van der Waals surface area contributed by atoms with Crippen LogP contribution in [0.25, 0.3) is 0 Å². The summed E-state index contributed by atoms with van der Waals surface area (Å²) in [6, 6.07) is 0.0398. The molecule has 1 fully saturated rings. The number of urea groups is 1. The van der Waals surface area contributed by atoms with Crippen LogP contribution in [-0.4, -0.2) is 51.6 Å². The first kappa shape index (κ1) is 15.8. The highest BCUT2D eigenvalue weighted by Crippen LogP contribution is 2.22. The Morgan fingerprint density at radius 3 is 2.47 bits per heavy atom. The van der Waals surface area contributed by atoms with Crippen molar-refractivity contribution in [2.45, 2.75) is 65.0 Å². The Labute approximate surface area is 115 Å². The third-order valence-corrected chi connectivity index (χ3v) is 4.04.